The molecule has 1 heterocycles. The van der Waals surface area contributed by atoms with Crippen LogP contribution in [0.15, 0.2) is 0 Å². The highest BCUT2D eigenvalue weighted by atomic mass is 16.5. The lowest BCUT2D eigenvalue weighted by atomic mass is 9.60. The summed E-state index contributed by atoms with van der Waals surface area (Å²) >= 11 is 0. The monoisotopic (exact) mass is 266 g/mol. The number of cyclic esters (lactones) is 1. The molecule has 3 saturated carbocycles. The molecule has 6 atom stereocenters. The SMILES string of the molecule is CC1(C)C[C@@H]2[C@@H](O)[C@@]34COC(=O)[C@@]3(C4)[C@@](C)(O)[C@H]2C1. The van der Waals surface area contributed by atoms with Gasteiger partial charge in [-0.15, -0.1) is 0 Å². The topological polar surface area (TPSA) is 66.8 Å². The number of esters is 1. The van der Waals surface area contributed by atoms with Crippen molar-refractivity contribution in [1.82, 2.24) is 0 Å². The first kappa shape index (κ1) is 12.2. The van der Waals surface area contributed by atoms with Crippen LogP contribution in [-0.2, 0) is 9.53 Å². The number of rotatable bonds is 0. The summed E-state index contributed by atoms with van der Waals surface area (Å²) in [6.45, 7) is 6.45. The van der Waals surface area contributed by atoms with E-state index in [0.717, 1.165) is 12.8 Å². The van der Waals surface area contributed by atoms with Crippen molar-refractivity contribution in [3.8, 4) is 0 Å². The van der Waals surface area contributed by atoms with Crippen LogP contribution in [0.5, 0.6) is 0 Å². The zero-order valence-electron chi connectivity index (χ0n) is 11.8. The standard InChI is InChI=1S/C15H22O4/c1-12(2)4-8-9(5-12)13(3,18)15-6-14(15,10(8)16)7-19-11(15)17/h8-10,16,18H,4-7H2,1-3H3/t8-,9-,10+,13-,14+,15-/m0/s1. The molecule has 0 aromatic carbocycles. The second-order valence-electron chi connectivity index (χ2n) is 8.25. The smallest absolute Gasteiger partial charge is 0.315 e. The lowest BCUT2D eigenvalue weighted by molar-refractivity contribution is -0.172. The molecule has 0 bridgehead atoms. The Kier molecular flexibility index (Phi) is 1.83. The van der Waals surface area contributed by atoms with Crippen LogP contribution in [0, 0.1) is 28.1 Å². The van der Waals surface area contributed by atoms with Gasteiger partial charge in [-0.2, -0.15) is 0 Å². The average molecular weight is 266 g/mol. The van der Waals surface area contributed by atoms with Gasteiger partial charge in [-0.25, -0.2) is 0 Å². The molecule has 2 N–H and O–H groups in total. The normalized spacial score (nSPS) is 61.1. The van der Waals surface area contributed by atoms with E-state index in [-0.39, 0.29) is 29.8 Å². The number of hydrogen-bond acceptors (Lipinski definition) is 4. The van der Waals surface area contributed by atoms with E-state index < -0.39 is 22.5 Å². The lowest BCUT2D eigenvalue weighted by Gasteiger charge is -2.47. The first-order valence-corrected chi connectivity index (χ1v) is 7.26. The molecule has 0 amide bonds. The number of carbonyl (C=O) groups excluding carboxylic acids is 1. The summed E-state index contributed by atoms with van der Waals surface area (Å²) in [5.41, 5.74) is -2.25. The number of fused-ring (bicyclic) bond motifs is 1. The van der Waals surface area contributed by atoms with E-state index in [2.05, 4.69) is 13.8 Å². The highest BCUT2D eigenvalue weighted by Crippen LogP contribution is 2.81. The minimum atomic E-state index is -1.04. The zero-order valence-corrected chi connectivity index (χ0v) is 11.8. The minimum absolute atomic E-state index is 0.00113. The van der Waals surface area contributed by atoms with E-state index in [9.17, 15) is 15.0 Å². The third-order valence-corrected chi connectivity index (χ3v) is 6.75. The van der Waals surface area contributed by atoms with Gasteiger partial charge in [-0.05, 0) is 43.4 Å². The fourth-order valence-corrected chi connectivity index (χ4v) is 5.81. The van der Waals surface area contributed by atoms with Crippen LogP contribution in [0.3, 0.4) is 0 Å². The van der Waals surface area contributed by atoms with Gasteiger partial charge >= 0.3 is 5.97 Å². The van der Waals surface area contributed by atoms with Crippen molar-refractivity contribution in [2.45, 2.75) is 51.7 Å². The minimum Gasteiger partial charge on any atom is -0.464 e. The third kappa shape index (κ3) is 1.03. The summed E-state index contributed by atoms with van der Waals surface area (Å²) in [6, 6.07) is 0. The van der Waals surface area contributed by atoms with E-state index in [1.54, 1.807) is 6.92 Å². The predicted molar refractivity (Wildman–Crippen MR) is 67.1 cm³/mol. The van der Waals surface area contributed by atoms with Crippen LogP contribution in [0.1, 0.15) is 40.0 Å². The van der Waals surface area contributed by atoms with Crippen LogP contribution in [0.2, 0.25) is 0 Å². The van der Waals surface area contributed by atoms with Crippen LogP contribution in [0.25, 0.3) is 0 Å². The van der Waals surface area contributed by atoms with Gasteiger partial charge in [-0.1, -0.05) is 13.8 Å². The molecule has 4 nitrogen and oxygen atoms in total. The summed E-state index contributed by atoms with van der Waals surface area (Å²) < 4.78 is 5.21. The van der Waals surface area contributed by atoms with Crippen molar-refractivity contribution in [2.24, 2.45) is 28.1 Å². The molecule has 0 aromatic heterocycles. The van der Waals surface area contributed by atoms with Crippen molar-refractivity contribution >= 4 is 5.97 Å². The van der Waals surface area contributed by atoms with Gasteiger partial charge in [0.25, 0.3) is 0 Å². The number of ether oxygens (including phenoxy) is 1. The maximum absolute atomic E-state index is 12.2. The van der Waals surface area contributed by atoms with E-state index in [0.29, 0.717) is 6.42 Å². The second-order valence-corrected chi connectivity index (χ2v) is 8.25. The number of aliphatic hydroxyl groups is 2. The molecule has 0 radical (unpaired) electrons. The summed E-state index contributed by atoms with van der Waals surface area (Å²) in [5.74, 6) is -0.200. The summed E-state index contributed by atoms with van der Waals surface area (Å²) in [5, 5.41) is 21.9. The largest absolute Gasteiger partial charge is 0.464 e. The molecule has 19 heavy (non-hydrogen) atoms. The van der Waals surface area contributed by atoms with Gasteiger partial charge in [0.05, 0.1) is 17.1 Å². The predicted octanol–water partition coefficient (Wildman–Crippen LogP) is 1.10. The first-order chi connectivity index (χ1) is 8.68. The number of aliphatic hydroxyl groups excluding tert-OH is 1. The van der Waals surface area contributed by atoms with Crippen LogP contribution >= 0.6 is 0 Å². The summed E-state index contributed by atoms with van der Waals surface area (Å²) in [7, 11) is 0. The molecular weight excluding hydrogens is 244 g/mol. The molecule has 3 aliphatic carbocycles. The summed E-state index contributed by atoms with van der Waals surface area (Å²) in [6.07, 6.45) is 1.87. The fourth-order valence-electron chi connectivity index (χ4n) is 5.81. The quantitative estimate of drug-likeness (QED) is 0.644. The van der Waals surface area contributed by atoms with Gasteiger partial charge in [0.15, 0.2) is 0 Å². The van der Waals surface area contributed by atoms with Gasteiger partial charge in [0, 0.05) is 0 Å². The summed E-state index contributed by atoms with van der Waals surface area (Å²) in [4.78, 5) is 12.2. The van der Waals surface area contributed by atoms with Gasteiger partial charge in [0.1, 0.15) is 12.0 Å². The molecule has 0 spiro atoms. The van der Waals surface area contributed by atoms with Crippen LogP contribution in [0.4, 0.5) is 0 Å². The number of carbonyl (C=O) groups is 1. The van der Waals surface area contributed by atoms with Crippen molar-refractivity contribution < 1.29 is 19.7 Å². The molecule has 4 rings (SSSR count). The molecule has 1 aliphatic heterocycles. The molecule has 4 aliphatic rings. The van der Waals surface area contributed by atoms with Gasteiger partial charge in [-0.3, -0.25) is 4.79 Å². The maximum atomic E-state index is 12.2. The fraction of sp³-hybridized carbons (Fsp3) is 0.933. The molecule has 0 aromatic rings. The highest BCUT2D eigenvalue weighted by Gasteiger charge is 2.90. The Hall–Kier alpha value is -0.610. The van der Waals surface area contributed by atoms with Crippen LogP contribution in [-0.4, -0.2) is 34.5 Å². The Bertz CT molecular complexity index is 483. The molecule has 0 unspecified atom stereocenters. The Morgan fingerprint density at radius 1 is 1.26 bits per heavy atom. The molecular formula is C15H22O4. The molecule has 4 heteroatoms. The van der Waals surface area contributed by atoms with Gasteiger partial charge < -0.3 is 14.9 Å². The highest BCUT2D eigenvalue weighted by molar-refractivity contribution is 5.87. The number of hydrogen-bond donors (Lipinski definition) is 2. The van der Waals surface area contributed by atoms with E-state index in [1.165, 1.54) is 0 Å². The van der Waals surface area contributed by atoms with Crippen LogP contribution < -0.4 is 0 Å². The van der Waals surface area contributed by atoms with Gasteiger partial charge in [0.2, 0.25) is 0 Å². The molecule has 4 fully saturated rings. The Balaban J connectivity index is 1.85. The second kappa shape index (κ2) is 2.86. The Labute approximate surface area is 113 Å². The molecule has 106 valence electrons. The Morgan fingerprint density at radius 2 is 1.95 bits per heavy atom. The average Bonchev–Trinajstić information content (AvgIpc) is 2.80. The zero-order chi connectivity index (χ0) is 13.8. The molecule has 1 saturated heterocycles. The van der Waals surface area contributed by atoms with E-state index >= 15 is 0 Å². The van der Waals surface area contributed by atoms with Crippen molar-refractivity contribution in [3.05, 3.63) is 0 Å². The maximum Gasteiger partial charge on any atom is 0.315 e. The first-order valence-electron chi connectivity index (χ1n) is 7.26. The van der Waals surface area contributed by atoms with Crippen molar-refractivity contribution in [2.75, 3.05) is 6.61 Å². The van der Waals surface area contributed by atoms with E-state index in [1.807, 2.05) is 0 Å². The lowest BCUT2D eigenvalue weighted by Crippen LogP contribution is -2.58. The Morgan fingerprint density at radius 3 is 2.63 bits per heavy atom. The van der Waals surface area contributed by atoms with Crippen molar-refractivity contribution in [1.29, 1.82) is 0 Å². The van der Waals surface area contributed by atoms with Crippen molar-refractivity contribution in [3.63, 3.8) is 0 Å². The third-order valence-electron chi connectivity index (χ3n) is 6.75. The van der Waals surface area contributed by atoms with E-state index in [4.69, 9.17) is 4.74 Å².